The third kappa shape index (κ3) is 4.78. The Bertz CT molecular complexity index is 1310. The van der Waals surface area contributed by atoms with Gasteiger partial charge in [0.1, 0.15) is 11.6 Å². The summed E-state index contributed by atoms with van der Waals surface area (Å²) in [7, 11) is -3.79. The Morgan fingerprint density at radius 3 is 2.50 bits per heavy atom. The molecule has 4 rings (SSSR count). The van der Waals surface area contributed by atoms with Crippen molar-refractivity contribution in [3.05, 3.63) is 72.0 Å². The Hall–Kier alpha value is -3.72. The molecule has 0 fully saturated rings. The predicted octanol–water partition coefficient (Wildman–Crippen LogP) is 3.87. The standard InChI is InChI=1S/C23H21N3O5S/c1-15(27)16-7-9-17(10-8-16)20-11-12-21(31-20)23(28)25-18-4-2-5-19(14-18)32(29,30)26-22-6-3-13-24-22/h2,4-5,7-12,14H,3,6,13H2,1H3,(H,24,26)(H,25,28). The van der Waals surface area contributed by atoms with Crippen LogP contribution in [0.2, 0.25) is 0 Å². The molecule has 2 heterocycles. The first kappa shape index (κ1) is 21.5. The molecule has 1 aromatic heterocycles. The Morgan fingerprint density at radius 1 is 1.03 bits per heavy atom. The third-order valence-electron chi connectivity index (χ3n) is 4.93. The summed E-state index contributed by atoms with van der Waals surface area (Å²) < 4.78 is 33.3. The first-order valence-corrected chi connectivity index (χ1v) is 11.5. The van der Waals surface area contributed by atoms with Crippen molar-refractivity contribution in [3.8, 4) is 11.3 Å². The van der Waals surface area contributed by atoms with E-state index in [0.29, 0.717) is 35.8 Å². The van der Waals surface area contributed by atoms with Crippen LogP contribution in [0.15, 0.2) is 75.0 Å². The molecule has 1 aliphatic rings. The number of furan rings is 1. The minimum Gasteiger partial charge on any atom is -0.451 e. The number of sulfonamides is 1. The van der Waals surface area contributed by atoms with Crippen LogP contribution in [0.4, 0.5) is 5.69 Å². The monoisotopic (exact) mass is 451 g/mol. The van der Waals surface area contributed by atoms with Crippen molar-refractivity contribution in [2.24, 2.45) is 4.99 Å². The number of carbonyl (C=O) groups excluding carboxylic acids is 2. The van der Waals surface area contributed by atoms with Crippen molar-refractivity contribution >= 4 is 33.2 Å². The normalized spacial score (nSPS) is 13.5. The van der Waals surface area contributed by atoms with E-state index in [9.17, 15) is 18.0 Å². The third-order valence-corrected chi connectivity index (χ3v) is 6.31. The van der Waals surface area contributed by atoms with Gasteiger partial charge in [0.15, 0.2) is 11.5 Å². The molecule has 2 aromatic carbocycles. The van der Waals surface area contributed by atoms with Crippen molar-refractivity contribution in [1.82, 2.24) is 4.72 Å². The van der Waals surface area contributed by atoms with Gasteiger partial charge in [0.2, 0.25) is 0 Å². The molecule has 164 valence electrons. The molecule has 0 spiro atoms. The average molecular weight is 452 g/mol. The number of aliphatic imine (C=N–C) groups is 1. The lowest BCUT2D eigenvalue weighted by Gasteiger charge is -2.09. The molecule has 2 N–H and O–H groups in total. The van der Waals surface area contributed by atoms with Crippen LogP contribution in [0.3, 0.4) is 0 Å². The molecule has 0 radical (unpaired) electrons. The lowest BCUT2D eigenvalue weighted by atomic mass is 10.1. The van der Waals surface area contributed by atoms with Gasteiger partial charge in [-0.1, -0.05) is 30.3 Å². The van der Waals surface area contributed by atoms with Crippen LogP contribution in [0, 0.1) is 0 Å². The highest BCUT2D eigenvalue weighted by Gasteiger charge is 2.19. The van der Waals surface area contributed by atoms with Crippen LogP contribution >= 0.6 is 0 Å². The molecule has 0 saturated carbocycles. The predicted molar refractivity (Wildman–Crippen MR) is 120 cm³/mol. The highest BCUT2D eigenvalue weighted by atomic mass is 32.2. The Morgan fingerprint density at radius 2 is 1.81 bits per heavy atom. The summed E-state index contributed by atoms with van der Waals surface area (Å²) in [6.45, 7) is 2.10. The van der Waals surface area contributed by atoms with Crippen molar-refractivity contribution < 1.29 is 22.4 Å². The average Bonchev–Trinajstić information content (AvgIpc) is 3.46. The molecule has 0 saturated heterocycles. The van der Waals surface area contributed by atoms with Crippen LogP contribution in [0.5, 0.6) is 0 Å². The molecule has 3 aromatic rings. The number of amides is 1. The maximum Gasteiger partial charge on any atom is 0.291 e. The maximum absolute atomic E-state index is 12.6. The molecule has 8 nitrogen and oxygen atoms in total. The van der Waals surface area contributed by atoms with E-state index in [4.69, 9.17) is 4.42 Å². The van der Waals surface area contributed by atoms with Gasteiger partial charge < -0.3 is 9.73 Å². The topological polar surface area (TPSA) is 118 Å². The summed E-state index contributed by atoms with van der Waals surface area (Å²) in [6.07, 6.45) is 1.41. The first-order valence-electron chi connectivity index (χ1n) is 10.0. The van der Waals surface area contributed by atoms with E-state index in [1.807, 2.05) is 0 Å². The highest BCUT2D eigenvalue weighted by molar-refractivity contribution is 7.90. The van der Waals surface area contributed by atoms with Gasteiger partial charge in [-0.3, -0.25) is 19.3 Å². The van der Waals surface area contributed by atoms with Gasteiger partial charge in [0.05, 0.1) is 4.90 Å². The summed E-state index contributed by atoms with van der Waals surface area (Å²) in [4.78, 5) is 28.2. The van der Waals surface area contributed by atoms with Crippen LogP contribution in [-0.2, 0) is 10.0 Å². The Kier molecular flexibility index (Phi) is 5.91. The minimum absolute atomic E-state index is 0.0237. The number of hydrogen-bond acceptors (Lipinski definition) is 6. The minimum atomic E-state index is -3.79. The number of benzene rings is 2. The van der Waals surface area contributed by atoms with Gasteiger partial charge in [0.25, 0.3) is 15.9 Å². The summed E-state index contributed by atoms with van der Waals surface area (Å²) in [5.41, 5.74) is 1.63. The van der Waals surface area contributed by atoms with Gasteiger partial charge in [-0.05, 0) is 43.7 Å². The number of amidine groups is 1. The highest BCUT2D eigenvalue weighted by Crippen LogP contribution is 2.24. The second-order valence-electron chi connectivity index (χ2n) is 7.32. The molecule has 32 heavy (non-hydrogen) atoms. The van der Waals surface area contributed by atoms with E-state index in [0.717, 1.165) is 12.0 Å². The number of nitrogens with one attached hydrogen (secondary N) is 2. The number of rotatable bonds is 6. The van der Waals surface area contributed by atoms with Crippen LogP contribution in [0.25, 0.3) is 11.3 Å². The summed E-state index contributed by atoms with van der Waals surface area (Å²) in [6, 6.07) is 16.0. The van der Waals surface area contributed by atoms with Crippen molar-refractivity contribution in [2.75, 3.05) is 11.9 Å². The van der Waals surface area contributed by atoms with Gasteiger partial charge in [0, 0.05) is 29.8 Å². The van der Waals surface area contributed by atoms with Crippen molar-refractivity contribution in [3.63, 3.8) is 0 Å². The zero-order valence-corrected chi connectivity index (χ0v) is 18.1. The van der Waals surface area contributed by atoms with Gasteiger partial charge in [-0.25, -0.2) is 8.42 Å². The van der Waals surface area contributed by atoms with E-state index >= 15 is 0 Å². The fourth-order valence-electron chi connectivity index (χ4n) is 3.25. The van der Waals surface area contributed by atoms with E-state index in [2.05, 4.69) is 15.0 Å². The molecule has 1 aliphatic heterocycles. The van der Waals surface area contributed by atoms with Gasteiger partial charge in [-0.15, -0.1) is 0 Å². The molecule has 1 amide bonds. The molecule has 9 heteroatoms. The zero-order valence-electron chi connectivity index (χ0n) is 17.3. The van der Waals surface area contributed by atoms with Crippen molar-refractivity contribution in [2.45, 2.75) is 24.7 Å². The van der Waals surface area contributed by atoms with E-state index in [1.165, 1.54) is 25.1 Å². The second kappa shape index (κ2) is 8.80. The molecular weight excluding hydrogens is 430 g/mol. The fourth-order valence-corrected chi connectivity index (χ4v) is 4.39. The van der Waals surface area contributed by atoms with Crippen LogP contribution in [0.1, 0.15) is 40.7 Å². The smallest absolute Gasteiger partial charge is 0.291 e. The lowest BCUT2D eigenvalue weighted by molar-refractivity contribution is 0.0994. The molecule has 0 bridgehead atoms. The number of anilines is 1. The quantitative estimate of drug-likeness (QED) is 0.552. The van der Waals surface area contributed by atoms with Gasteiger partial charge in [-0.2, -0.15) is 0 Å². The molecule has 0 unspecified atom stereocenters. The summed E-state index contributed by atoms with van der Waals surface area (Å²) >= 11 is 0. The van der Waals surface area contributed by atoms with Crippen LogP contribution in [-0.4, -0.2) is 32.5 Å². The SMILES string of the molecule is CC(=O)c1ccc(-c2ccc(C(=O)Nc3cccc(S(=O)(=O)NC4=NCCC4)c3)o2)cc1. The number of ketones is 1. The number of nitrogens with zero attached hydrogens (tertiary/aromatic N) is 1. The fraction of sp³-hybridized carbons (Fsp3) is 0.174. The molecule has 0 aliphatic carbocycles. The zero-order chi connectivity index (χ0) is 22.7. The maximum atomic E-state index is 12.6. The summed E-state index contributed by atoms with van der Waals surface area (Å²) in [5, 5.41) is 2.65. The number of hydrogen-bond donors (Lipinski definition) is 2. The molecule has 0 atom stereocenters. The van der Waals surface area contributed by atoms with Crippen molar-refractivity contribution in [1.29, 1.82) is 0 Å². The van der Waals surface area contributed by atoms with E-state index < -0.39 is 15.9 Å². The largest absolute Gasteiger partial charge is 0.451 e. The first-order chi connectivity index (χ1) is 15.3. The van der Waals surface area contributed by atoms with Crippen LogP contribution < -0.4 is 10.0 Å². The van der Waals surface area contributed by atoms with E-state index in [-0.39, 0.29) is 16.4 Å². The van der Waals surface area contributed by atoms with E-state index in [1.54, 1.807) is 42.5 Å². The number of carbonyl (C=O) groups is 2. The molecular formula is C23H21N3O5S. The summed E-state index contributed by atoms with van der Waals surface area (Å²) in [5.74, 6) is 0.440. The van der Waals surface area contributed by atoms with Gasteiger partial charge >= 0.3 is 0 Å². The Balaban J connectivity index is 1.47. The Labute approximate surface area is 185 Å². The number of Topliss-reactive ketones (excluding diaryl/α,β-unsaturated/α-hetero) is 1. The lowest BCUT2D eigenvalue weighted by Crippen LogP contribution is -2.29. The second-order valence-corrected chi connectivity index (χ2v) is 9.00.